The standard InChI is InChI=1S/C15H11Cl2FO/c16-12-5-6-14(17)11(7-12)9-13(19)8-10-3-1-2-4-15(10)18/h1-7H,8-9H2. The molecule has 0 aromatic heterocycles. The maximum absolute atomic E-state index is 13.4. The molecule has 0 radical (unpaired) electrons. The second kappa shape index (κ2) is 6.18. The summed E-state index contributed by atoms with van der Waals surface area (Å²) in [5.41, 5.74) is 1.06. The van der Waals surface area contributed by atoms with E-state index in [-0.39, 0.29) is 24.4 Å². The molecular weight excluding hydrogens is 286 g/mol. The highest BCUT2D eigenvalue weighted by Crippen LogP contribution is 2.21. The van der Waals surface area contributed by atoms with Gasteiger partial charge in [0.05, 0.1) is 0 Å². The third-order valence-corrected chi connectivity index (χ3v) is 3.34. The predicted octanol–water partition coefficient (Wildman–Crippen LogP) is 4.49. The van der Waals surface area contributed by atoms with Crippen LogP contribution in [0.4, 0.5) is 4.39 Å². The highest BCUT2D eigenvalue weighted by molar-refractivity contribution is 6.33. The van der Waals surface area contributed by atoms with Crippen LogP contribution in [0.1, 0.15) is 11.1 Å². The summed E-state index contributed by atoms with van der Waals surface area (Å²) in [7, 11) is 0. The second-order valence-electron chi connectivity index (χ2n) is 4.22. The van der Waals surface area contributed by atoms with Crippen molar-refractivity contribution >= 4 is 29.0 Å². The van der Waals surface area contributed by atoms with Crippen molar-refractivity contribution in [3.8, 4) is 0 Å². The van der Waals surface area contributed by atoms with E-state index in [9.17, 15) is 9.18 Å². The Kier molecular flexibility index (Phi) is 4.56. The third kappa shape index (κ3) is 3.79. The molecular formula is C15H11Cl2FO. The number of halogens is 3. The van der Waals surface area contributed by atoms with Gasteiger partial charge in [-0.3, -0.25) is 4.79 Å². The SMILES string of the molecule is O=C(Cc1ccccc1F)Cc1cc(Cl)ccc1Cl. The Morgan fingerprint density at radius 2 is 1.68 bits per heavy atom. The molecule has 0 amide bonds. The molecule has 0 aliphatic heterocycles. The molecule has 0 bridgehead atoms. The molecule has 0 fully saturated rings. The van der Waals surface area contributed by atoms with Crippen LogP contribution in [0.15, 0.2) is 42.5 Å². The first-order chi connectivity index (χ1) is 9.06. The van der Waals surface area contributed by atoms with Gasteiger partial charge >= 0.3 is 0 Å². The van der Waals surface area contributed by atoms with Crippen LogP contribution in [0.2, 0.25) is 10.0 Å². The highest BCUT2D eigenvalue weighted by atomic mass is 35.5. The number of Topliss-reactive ketones (excluding diaryl/α,β-unsaturated/α-hetero) is 1. The largest absolute Gasteiger partial charge is 0.299 e. The van der Waals surface area contributed by atoms with Crippen LogP contribution < -0.4 is 0 Å². The fourth-order valence-corrected chi connectivity index (χ4v) is 2.19. The maximum Gasteiger partial charge on any atom is 0.141 e. The molecule has 4 heteroatoms. The quantitative estimate of drug-likeness (QED) is 0.812. The first kappa shape index (κ1) is 14.0. The summed E-state index contributed by atoms with van der Waals surface area (Å²) in [6, 6.07) is 11.2. The minimum atomic E-state index is -0.368. The average Bonchev–Trinajstić information content (AvgIpc) is 2.37. The lowest BCUT2D eigenvalue weighted by atomic mass is 10.0. The molecule has 0 saturated heterocycles. The Hall–Kier alpha value is -1.38. The fraction of sp³-hybridized carbons (Fsp3) is 0.133. The van der Waals surface area contributed by atoms with Crippen LogP contribution in [0.3, 0.4) is 0 Å². The van der Waals surface area contributed by atoms with Crippen molar-refractivity contribution in [1.29, 1.82) is 0 Å². The molecule has 2 aromatic rings. The van der Waals surface area contributed by atoms with E-state index in [2.05, 4.69) is 0 Å². The number of benzene rings is 2. The van der Waals surface area contributed by atoms with E-state index in [1.807, 2.05) is 0 Å². The zero-order valence-electron chi connectivity index (χ0n) is 10.00. The van der Waals surface area contributed by atoms with Gasteiger partial charge in [0, 0.05) is 22.9 Å². The van der Waals surface area contributed by atoms with Crippen molar-refractivity contribution in [3.05, 3.63) is 69.5 Å². The van der Waals surface area contributed by atoms with Gasteiger partial charge in [-0.05, 0) is 35.4 Å². The lowest BCUT2D eigenvalue weighted by molar-refractivity contribution is -0.117. The monoisotopic (exact) mass is 296 g/mol. The number of hydrogen-bond acceptors (Lipinski definition) is 1. The van der Waals surface area contributed by atoms with Gasteiger partial charge in [0.15, 0.2) is 0 Å². The lowest BCUT2D eigenvalue weighted by Gasteiger charge is -2.05. The summed E-state index contributed by atoms with van der Waals surface area (Å²) in [6.07, 6.45) is 0.198. The van der Waals surface area contributed by atoms with Crippen molar-refractivity contribution in [1.82, 2.24) is 0 Å². The molecule has 0 unspecified atom stereocenters. The minimum Gasteiger partial charge on any atom is -0.299 e. The van der Waals surface area contributed by atoms with E-state index in [4.69, 9.17) is 23.2 Å². The van der Waals surface area contributed by atoms with Crippen molar-refractivity contribution in [2.75, 3.05) is 0 Å². The van der Waals surface area contributed by atoms with Crippen molar-refractivity contribution in [3.63, 3.8) is 0 Å². The Morgan fingerprint density at radius 3 is 2.42 bits per heavy atom. The van der Waals surface area contributed by atoms with Gasteiger partial charge in [0.25, 0.3) is 0 Å². The van der Waals surface area contributed by atoms with E-state index in [1.54, 1.807) is 36.4 Å². The first-order valence-corrected chi connectivity index (χ1v) is 6.51. The van der Waals surface area contributed by atoms with Gasteiger partial charge in [-0.15, -0.1) is 0 Å². The Labute approximate surface area is 121 Å². The van der Waals surface area contributed by atoms with E-state index < -0.39 is 0 Å². The van der Waals surface area contributed by atoms with Gasteiger partial charge in [-0.2, -0.15) is 0 Å². The molecule has 19 heavy (non-hydrogen) atoms. The van der Waals surface area contributed by atoms with E-state index in [0.717, 1.165) is 0 Å². The normalized spacial score (nSPS) is 10.5. The average molecular weight is 297 g/mol. The van der Waals surface area contributed by atoms with Crippen LogP contribution in [0, 0.1) is 5.82 Å². The molecule has 0 saturated carbocycles. The second-order valence-corrected chi connectivity index (χ2v) is 5.06. The van der Waals surface area contributed by atoms with E-state index in [1.165, 1.54) is 6.07 Å². The third-order valence-electron chi connectivity index (χ3n) is 2.74. The van der Waals surface area contributed by atoms with Crippen LogP contribution in [-0.4, -0.2) is 5.78 Å². The molecule has 0 heterocycles. The van der Waals surface area contributed by atoms with Crippen molar-refractivity contribution < 1.29 is 9.18 Å². The lowest BCUT2D eigenvalue weighted by Crippen LogP contribution is -2.08. The summed E-state index contributed by atoms with van der Waals surface area (Å²) in [4.78, 5) is 11.9. The summed E-state index contributed by atoms with van der Waals surface area (Å²) < 4.78 is 13.4. The topological polar surface area (TPSA) is 17.1 Å². The predicted molar refractivity (Wildman–Crippen MR) is 75.3 cm³/mol. The van der Waals surface area contributed by atoms with Gasteiger partial charge in [0.1, 0.15) is 11.6 Å². The zero-order valence-corrected chi connectivity index (χ0v) is 11.5. The van der Waals surface area contributed by atoms with Gasteiger partial charge < -0.3 is 0 Å². The van der Waals surface area contributed by atoms with E-state index in [0.29, 0.717) is 21.2 Å². The van der Waals surface area contributed by atoms with Crippen molar-refractivity contribution in [2.24, 2.45) is 0 Å². The smallest absolute Gasteiger partial charge is 0.141 e. The highest BCUT2D eigenvalue weighted by Gasteiger charge is 2.11. The molecule has 0 aliphatic rings. The molecule has 98 valence electrons. The number of carbonyl (C=O) groups is 1. The van der Waals surface area contributed by atoms with Crippen LogP contribution in [0.5, 0.6) is 0 Å². The van der Waals surface area contributed by atoms with Gasteiger partial charge in [-0.25, -0.2) is 4.39 Å². The molecule has 0 atom stereocenters. The number of ketones is 1. The summed E-state index contributed by atoms with van der Waals surface area (Å²) >= 11 is 11.8. The van der Waals surface area contributed by atoms with Crippen molar-refractivity contribution in [2.45, 2.75) is 12.8 Å². The fourth-order valence-electron chi connectivity index (χ4n) is 1.81. The molecule has 0 aliphatic carbocycles. The molecule has 1 nitrogen and oxygen atoms in total. The molecule has 0 N–H and O–H groups in total. The summed E-state index contributed by atoms with van der Waals surface area (Å²) in [6.45, 7) is 0. The van der Waals surface area contributed by atoms with Crippen LogP contribution in [0.25, 0.3) is 0 Å². The minimum absolute atomic E-state index is 0.0511. The summed E-state index contributed by atoms with van der Waals surface area (Å²) in [5.74, 6) is -0.470. The number of carbonyl (C=O) groups excluding carboxylic acids is 1. The Balaban J connectivity index is 2.10. The Bertz CT molecular complexity index is 611. The molecule has 2 rings (SSSR count). The van der Waals surface area contributed by atoms with Crippen LogP contribution in [-0.2, 0) is 17.6 Å². The molecule has 2 aromatic carbocycles. The maximum atomic E-state index is 13.4. The van der Waals surface area contributed by atoms with Crippen LogP contribution >= 0.6 is 23.2 Å². The number of hydrogen-bond donors (Lipinski definition) is 0. The van der Waals surface area contributed by atoms with E-state index >= 15 is 0 Å². The first-order valence-electron chi connectivity index (χ1n) is 5.75. The number of rotatable bonds is 4. The van der Waals surface area contributed by atoms with Gasteiger partial charge in [0.2, 0.25) is 0 Å². The van der Waals surface area contributed by atoms with Gasteiger partial charge in [-0.1, -0.05) is 41.4 Å². The summed E-state index contributed by atoms with van der Waals surface area (Å²) in [5, 5.41) is 1.02. The Morgan fingerprint density at radius 1 is 1.00 bits per heavy atom. The molecule has 0 spiro atoms. The zero-order chi connectivity index (χ0) is 13.8.